The number of carbonyl (C=O) groups is 1. The molecule has 1 aromatic carbocycles. The average molecular weight is 313 g/mol. The number of aromatic nitrogens is 2. The fourth-order valence-electron chi connectivity index (χ4n) is 2.57. The first-order valence-electron chi connectivity index (χ1n) is 7.46. The molecule has 1 amide bonds. The normalized spacial score (nSPS) is 11.3. The van der Waals surface area contributed by atoms with Gasteiger partial charge in [-0.3, -0.25) is 4.79 Å². The van der Waals surface area contributed by atoms with Gasteiger partial charge in [0.15, 0.2) is 5.76 Å². The van der Waals surface area contributed by atoms with Crippen molar-refractivity contribution in [3.63, 3.8) is 0 Å². The molecule has 120 valence electrons. The van der Waals surface area contributed by atoms with Crippen LogP contribution < -0.4 is 5.32 Å². The number of hydrogen-bond acceptors (Lipinski definition) is 4. The van der Waals surface area contributed by atoms with Gasteiger partial charge in [0.05, 0.1) is 12.8 Å². The molecule has 2 aromatic heterocycles. The van der Waals surface area contributed by atoms with Crippen molar-refractivity contribution in [3.8, 4) is 0 Å². The Balaban J connectivity index is 1.97. The molecule has 6 nitrogen and oxygen atoms in total. The maximum atomic E-state index is 12.7. The minimum absolute atomic E-state index is 0.148. The van der Waals surface area contributed by atoms with Crippen molar-refractivity contribution in [1.29, 1.82) is 0 Å². The minimum Gasteiger partial charge on any atom is -0.451 e. The molecule has 2 heterocycles. The van der Waals surface area contributed by atoms with Gasteiger partial charge in [-0.15, -0.1) is 0 Å². The van der Waals surface area contributed by atoms with Gasteiger partial charge in [-0.05, 0) is 19.9 Å². The van der Waals surface area contributed by atoms with Crippen LogP contribution in [-0.2, 0) is 11.3 Å². The van der Waals surface area contributed by atoms with Gasteiger partial charge >= 0.3 is 0 Å². The third-order valence-corrected chi connectivity index (χ3v) is 3.59. The Bertz CT molecular complexity index is 833. The Labute approximate surface area is 134 Å². The van der Waals surface area contributed by atoms with E-state index in [0.717, 1.165) is 10.9 Å². The Morgan fingerprint density at radius 2 is 2.13 bits per heavy atom. The molecule has 0 unspecified atom stereocenters. The topological polar surface area (TPSA) is 69.3 Å². The van der Waals surface area contributed by atoms with Crippen LogP contribution >= 0.6 is 0 Å². The SMILES string of the molecule is COCc1c(C(=O)Nc2ccnn2C(C)C)oc2ccccc12. The van der Waals surface area contributed by atoms with Crippen LogP contribution in [0.4, 0.5) is 5.82 Å². The van der Waals surface area contributed by atoms with Gasteiger partial charge in [-0.25, -0.2) is 4.68 Å². The van der Waals surface area contributed by atoms with Crippen LogP contribution in [0.15, 0.2) is 40.9 Å². The fraction of sp³-hybridized carbons (Fsp3) is 0.294. The molecule has 0 atom stereocenters. The van der Waals surface area contributed by atoms with Crippen LogP contribution in [-0.4, -0.2) is 22.8 Å². The number of carbonyl (C=O) groups excluding carboxylic acids is 1. The number of nitrogens with one attached hydrogen (secondary N) is 1. The Hall–Kier alpha value is -2.60. The van der Waals surface area contributed by atoms with E-state index >= 15 is 0 Å². The average Bonchev–Trinajstić information content (AvgIpc) is 3.13. The van der Waals surface area contributed by atoms with Crippen LogP contribution in [0.1, 0.15) is 36.0 Å². The summed E-state index contributed by atoms with van der Waals surface area (Å²) in [6.45, 7) is 4.31. The highest BCUT2D eigenvalue weighted by molar-refractivity contribution is 6.06. The second-order valence-corrected chi connectivity index (χ2v) is 5.55. The van der Waals surface area contributed by atoms with Crippen molar-refractivity contribution >= 4 is 22.7 Å². The quantitative estimate of drug-likeness (QED) is 0.781. The number of amides is 1. The summed E-state index contributed by atoms with van der Waals surface area (Å²) < 4.78 is 12.7. The number of para-hydroxylation sites is 1. The molecule has 1 N–H and O–H groups in total. The van der Waals surface area contributed by atoms with Crippen molar-refractivity contribution in [1.82, 2.24) is 9.78 Å². The number of furan rings is 1. The van der Waals surface area contributed by atoms with Crippen LogP contribution in [0, 0.1) is 0 Å². The van der Waals surface area contributed by atoms with Crippen molar-refractivity contribution in [3.05, 3.63) is 47.9 Å². The maximum absolute atomic E-state index is 12.7. The van der Waals surface area contributed by atoms with Crippen molar-refractivity contribution in [2.75, 3.05) is 12.4 Å². The second-order valence-electron chi connectivity index (χ2n) is 5.55. The highest BCUT2D eigenvalue weighted by Crippen LogP contribution is 2.27. The van der Waals surface area contributed by atoms with Crippen LogP contribution in [0.5, 0.6) is 0 Å². The number of methoxy groups -OCH3 is 1. The highest BCUT2D eigenvalue weighted by Gasteiger charge is 2.21. The van der Waals surface area contributed by atoms with Crippen LogP contribution in [0.2, 0.25) is 0 Å². The zero-order valence-electron chi connectivity index (χ0n) is 13.4. The molecule has 0 spiro atoms. The summed E-state index contributed by atoms with van der Waals surface area (Å²) in [4.78, 5) is 12.7. The molecule has 3 aromatic rings. The lowest BCUT2D eigenvalue weighted by molar-refractivity contribution is 0.0991. The Morgan fingerprint density at radius 1 is 1.35 bits per heavy atom. The Morgan fingerprint density at radius 3 is 2.87 bits per heavy atom. The highest BCUT2D eigenvalue weighted by atomic mass is 16.5. The van der Waals surface area contributed by atoms with E-state index in [1.165, 1.54) is 0 Å². The first kappa shape index (κ1) is 15.3. The number of anilines is 1. The van der Waals surface area contributed by atoms with Crippen molar-refractivity contribution in [2.24, 2.45) is 0 Å². The van der Waals surface area contributed by atoms with Crippen LogP contribution in [0.3, 0.4) is 0 Å². The van der Waals surface area contributed by atoms with E-state index < -0.39 is 0 Å². The zero-order valence-corrected chi connectivity index (χ0v) is 13.4. The molecule has 0 aliphatic heterocycles. The van der Waals surface area contributed by atoms with Gasteiger partial charge in [0.2, 0.25) is 0 Å². The van der Waals surface area contributed by atoms with Gasteiger partial charge < -0.3 is 14.5 Å². The fourth-order valence-corrected chi connectivity index (χ4v) is 2.57. The number of hydrogen-bond donors (Lipinski definition) is 1. The minimum atomic E-state index is -0.310. The molecule has 0 saturated carbocycles. The molecule has 6 heteroatoms. The summed E-state index contributed by atoms with van der Waals surface area (Å²) in [6, 6.07) is 9.45. The largest absolute Gasteiger partial charge is 0.451 e. The van der Waals surface area contributed by atoms with E-state index in [4.69, 9.17) is 9.15 Å². The van der Waals surface area contributed by atoms with Gasteiger partial charge in [0.1, 0.15) is 11.4 Å². The van der Waals surface area contributed by atoms with E-state index in [0.29, 0.717) is 18.0 Å². The summed E-state index contributed by atoms with van der Waals surface area (Å²) in [7, 11) is 1.59. The van der Waals surface area contributed by atoms with E-state index in [9.17, 15) is 4.79 Å². The van der Waals surface area contributed by atoms with Gasteiger partial charge in [0.25, 0.3) is 5.91 Å². The number of rotatable bonds is 5. The van der Waals surface area contributed by atoms with E-state index in [1.54, 1.807) is 24.1 Å². The first-order chi connectivity index (χ1) is 11.1. The van der Waals surface area contributed by atoms with Gasteiger partial charge in [-0.1, -0.05) is 18.2 Å². The molecule has 0 aliphatic carbocycles. The summed E-state index contributed by atoms with van der Waals surface area (Å²) >= 11 is 0. The van der Waals surface area contributed by atoms with E-state index in [-0.39, 0.29) is 17.7 Å². The predicted octanol–water partition coefficient (Wildman–Crippen LogP) is 3.61. The summed E-state index contributed by atoms with van der Waals surface area (Å²) in [5, 5.41) is 7.96. The van der Waals surface area contributed by atoms with Crippen molar-refractivity contribution < 1.29 is 13.9 Å². The smallest absolute Gasteiger partial charge is 0.292 e. The second kappa shape index (κ2) is 6.26. The Kier molecular flexibility index (Phi) is 4.16. The molecule has 0 radical (unpaired) electrons. The maximum Gasteiger partial charge on any atom is 0.292 e. The van der Waals surface area contributed by atoms with Gasteiger partial charge in [-0.2, -0.15) is 5.10 Å². The van der Waals surface area contributed by atoms with Gasteiger partial charge in [0, 0.05) is 30.2 Å². The molecule has 0 fully saturated rings. The monoisotopic (exact) mass is 313 g/mol. The summed E-state index contributed by atoms with van der Waals surface area (Å²) in [5.74, 6) is 0.592. The molecule has 0 aliphatic rings. The molecule has 0 saturated heterocycles. The van der Waals surface area contributed by atoms with Crippen molar-refractivity contribution in [2.45, 2.75) is 26.5 Å². The number of benzene rings is 1. The zero-order chi connectivity index (χ0) is 16.4. The van der Waals surface area contributed by atoms with E-state index in [2.05, 4.69) is 10.4 Å². The number of nitrogens with zero attached hydrogens (tertiary/aromatic N) is 2. The lowest BCUT2D eigenvalue weighted by Crippen LogP contribution is -2.17. The number of ether oxygens (including phenoxy) is 1. The summed E-state index contributed by atoms with van der Waals surface area (Å²) in [6.07, 6.45) is 1.66. The lowest BCUT2D eigenvalue weighted by atomic mass is 10.1. The predicted molar refractivity (Wildman–Crippen MR) is 87.5 cm³/mol. The molecular weight excluding hydrogens is 294 g/mol. The van der Waals surface area contributed by atoms with Crippen LogP contribution in [0.25, 0.3) is 11.0 Å². The molecule has 3 rings (SSSR count). The lowest BCUT2D eigenvalue weighted by Gasteiger charge is -2.11. The molecule has 0 bridgehead atoms. The molecule has 23 heavy (non-hydrogen) atoms. The standard InChI is InChI=1S/C17H19N3O3/c1-11(2)20-15(8-9-18-20)19-17(21)16-13(10-22-3)12-6-4-5-7-14(12)23-16/h4-9,11H,10H2,1-3H3,(H,19,21). The van der Waals surface area contributed by atoms with E-state index in [1.807, 2.05) is 38.1 Å². The first-order valence-corrected chi connectivity index (χ1v) is 7.46. The summed E-state index contributed by atoms with van der Waals surface area (Å²) in [5.41, 5.74) is 1.42. The third-order valence-electron chi connectivity index (χ3n) is 3.59. The third kappa shape index (κ3) is 2.85. The molecular formula is C17H19N3O3. The number of fused-ring (bicyclic) bond motifs is 1.